The molecule has 0 spiro atoms. The second-order valence-electron chi connectivity index (χ2n) is 5.62. The first-order chi connectivity index (χ1) is 9.20. The third-order valence-electron chi connectivity index (χ3n) is 4.19. The molecule has 2 nitrogen and oxygen atoms in total. The highest BCUT2D eigenvalue weighted by Crippen LogP contribution is 2.49. The highest BCUT2D eigenvalue weighted by molar-refractivity contribution is 9.10. The van der Waals surface area contributed by atoms with Crippen LogP contribution in [0.15, 0.2) is 16.6 Å². The van der Waals surface area contributed by atoms with Crippen LogP contribution < -0.4 is 5.32 Å². The van der Waals surface area contributed by atoms with Crippen molar-refractivity contribution < 1.29 is 4.39 Å². The fourth-order valence-corrected chi connectivity index (χ4v) is 3.20. The summed E-state index contributed by atoms with van der Waals surface area (Å²) < 4.78 is 14.3. The van der Waals surface area contributed by atoms with Gasteiger partial charge in [0, 0.05) is 6.54 Å². The van der Waals surface area contributed by atoms with Crippen molar-refractivity contribution in [2.24, 2.45) is 17.8 Å². The molecule has 0 aromatic heterocycles. The smallest absolute Gasteiger partial charge is 0.161 e. The Hall–Kier alpha value is -1.08. The number of halogens is 2. The Morgan fingerprint density at radius 1 is 1.32 bits per heavy atom. The molecular formula is C15H16BrFN2. The maximum Gasteiger partial charge on any atom is 0.161 e. The molecule has 1 aromatic carbocycles. The molecule has 100 valence electrons. The van der Waals surface area contributed by atoms with Crippen LogP contribution in [-0.2, 0) is 0 Å². The minimum absolute atomic E-state index is 0.259. The predicted molar refractivity (Wildman–Crippen MR) is 76.2 cm³/mol. The van der Waals surface area contributed by atoms with E-state index in [9.17, 15) is 4.39 Å². The van der Waals surface area contributed by atoms with Crippen molar-refractivity contribution in [2.75, 3.05) is 11.9 Å². The quantitative estimate of drug-likeness (QED) is 0.876. The first kappa shape index (κ1) is 12.9. The number of benzene rings is 1. The summed E-state index contributed by atoms with van der Waals surface area (Å²) in [6.45, 7) is 0.852. The summed E-state index contributed by atoms with van der Waals surface area (Å²) in [5.74, 6) is 2.05. The van der Waals surface area contributed by atoms with Crippen molar-refractivity contribution in [3.05, 3.63) is 28.0 Å². The maximum absolute atomic E-state index is 14.1. The predicted octanol–water partition coefficient (Wildman–Crippen LogP) is 4.31. The Morgan fingerprint density at radius 3 is 2.47 bits per heavy atom. The second kappa shape index (κ2) is 5.13. The van der Waals surface area contributed by atoms with E-state index < -0.39 is 0 Å². The van der Waals surface area contributed by atoms with Crippen LogP contribution in [0.2, 0.25) is 0 Å². The summed E-state index contributed by atoms with van der Waals surface area (Å²) >= 11 is 3.14. The molecule has 0 bridgehead atoms. The summed E-state index contributed by atoms with van der Waals surface area (Å²) in [5, 5.41) is 12.1. The lowest BCUT2D eigenvalue weighted by Crippen LogP contribution is -2.18. The summed E-state index contributed by atoms with van der Waals surface area (Å²) in [6, 6.07) is 5.28. The standard InChI is InChI=1S/C15H16BrFN2/c16-14-11(7-18)5-6-13(15(14)17)19-8-12(9-1-2-9)10-3-4-10/h5-6,9-10,12,19H,1-4,8H2. The van der Waals surface area contributed by atoms with E-state index in [4.69, 9.17) is 5.26 Å². The number of nitriles is 1. The first-order valence-corrected chi connectivity index (χ1v) is 7.62. The average Bonchev–Trinajstić information content (AvgIpc) is 3.27. The summed E-state index contributed by atoms with van der Waals surface area (Å²) in [6.07, 6.45) is 5.34. The lowest BCUT2D eigenvalue weighted by atomic mass is 9.98. The van der Waals surface area contributed by atoms with E-state index in [0.29, 0.717) is 17.2 Å². The van der Waals surface area contributed by atoms with Crippen molar-refractivity contribution in [1.29, 1.82) is 5.26 Å². The number of nitrogens with zero attached hydrogens (tertiary/aromatic N) is 1. The van der Waals surface area contributed by atoms with Gasteiger partial charge in [0.05, 0.1) is 15.7 Å². The van der Waals surface area contributed by atoms with Crippen molar-refractivity contribution in [1.82, 2.24) is 0 Å². The van der Waals surface area contributed by atoms with Crippen LogP contribution in [0, 0.1) is 34.9 Å². The van der Waals surface area contributed by atoms with Gasteiger partial charge in [0.2, 0.25) is 0 Å². The Bertz CT molecular complexity index is 518. The molecule has 0 unspecified atom stereocenters. The molecule has 4 heteroatoms. The Balaban J connectivity index is 1.69. The van der Waals surface area contributed by atoms with Gasteiger partial charge in [-0.2, -0.15) is 5.26 Å². The fraction of sp³-hybridized carbons (Fsp3) is 0.533. The van der Waals surface area contributed by atoms with Crippen LogP contribution in [0.5, 0.6) is 0 Å². The minimum atomic E-state index is -0.357. The molecule has 2 fully saturated rings. The van der Waals surface area contributed by atoms with E-state index in [1.807, 2.05) is 6.07 Å². The molecule has 0 amide bonds. The zero-order valence-electron chi connectivity index (χ0n) is 10.6. The number of anilines is 1. The van der Waals surface area contributed by atoms with E-state index in [-0.39, 0.29) is 10.3 Å². The molecule has 0 saturated heterocycles. The highest BCUT2D eigenvalue weighted by Gasteiger charge is 2.41. The molecule has 1 N–H and O–H groups in total. The molecule has 0 radical (unpaired) electrons. The van der Waals surface area contributed by atoms with Gasteiger partial charge in [-0.15, -0.1) is 0 Å². The van der Waals surface area contributed by atoms with E-state index >= 15 is 0 Å². The van der Waals surface area contributed by atoms with Crippen molar-refractivity contribution in [2.45, 2.75) is 25.7 Å². The van der Waals surface area contributed by atoms with Gasteiger partial charge in [0.25, 0.3) is 0 Å². The topological polar surface area (TPSA) is 35.8 Å². The minimum Gasteiger partial charge on any atom is -0.382 e. The number of hydrogen-bond donors (Lipinski definition) is 1. The monoisotopic (exact) mass is 322 g/mol. The van der Waals surface area contributed by atoms with E-state index in [1.165, 1.54) is 25.7 Å². The Morgan fingerprint density at radius 2 is 1.95 bits per heavy atom. The van der Waals surface area contributed by atoms with Gasteiger partial charge in [0.1, 0.15) is 6.07 Å². The summed E-state index contributed by atoms with van der Waals surface area (Å²) in [5.41, 5.74) is 0.834. The molecule has 2 saturated carbocycles. The van der Waals surface area contributed by atoms with Gasteiger partial charge >= 0.3 is 0 Å². The van der Waals surface area contributed by atoms with E-state index in [0.717, 1.165) is 18.4 Å². The first-order valence-electron chi connectivity index (χ1n) is 6.82. The molecular weight excluding hydrogens is 307 g/mol. The lowest BCUT2D eigenvalue weighted by Gasteiger charge is -2.17. The highest BCUT2D eigenvalue weighted by atomic mass is 79.9. The molecule has 1 aromatic rings. The van der Waals surface area contributed by atoms with Gasteiger partial charge < -0.3 is 5.32 Å². The SMILES string of the molecule is N#Cc1ccc(NCC(C2CC2)C2CC2)c(F)c1Br. The van der Waals surface area contributed by atoms with E-state index in [2.05, 4.69) is 21.2 Å². The van der Waals surface area contributed by atoms with Crippen LogP contribution >= 0.6 is 15.9 Å². The number of hydrogen-bond acceptors (Lipinski definition) is 2. The fourth-order valence-electron chi connectivity index (χ4n) is 2.77. The molecule has 2 aliphatic rings. The number of rotatable bonds is 5. The van der Waals surface area contributed by atoms with Crippen LogP contribution in [0.1, 0.15) is 31.2 Å². The van der Waals surface area contributed by atoms with Crippen molar-refractivity contribution in [3.8, 4) is 6.07 Å². The van der Waals surface area contributed by atoms with Crippen LogP contribution in [0.25, 0.3) is 0 Å². The van der Waals surface area contributed by atoms with Crippen molar-refractivity contribution in [3.63, 3.8) is 0 Å². The Labute approximate surface area is 121 Å². The van der Waals surface area contributed by atoms with Gasteiger partial charge in [-0.05, 0) is 71.5 Å². The molecule has 0 aliphatic heterocycles. The second-order valence-corrected chi connectivity index (χ2v) is 6.41. The van der Waals surface area contributed by atoms with Crippen molar-refractivity contribution >= 4 is 21.6 Å². The lowest BCUT2D eigenvalue weighted by molar-refractivity contribution is 0.427. The molecule has 2 aliphatic carbocycles. The van der Waals surface area contributed by atoms with Gasteiger partial charge in [-0.3, -0.25) is 0 Å². The summed E-state index contributed by atoms with van der Waals surface area (Å²) in [7, 11) is 0. The third kappa shape index (κ3) is 2.76. The maximum atomic E-state index is 14.1. The van der Waals surface area contributed by atoms with Gasteiger partial charge in [0.15, 0.2) is 5.82 Å². The zero-order chi connectivity index (χ0) is 13.4. The van der Waals surface area contributed by atoms with Crippen LogP contribution in [-0.4, -0.2) is 6.54 Å². The largest absolute Gasteiger partial charge is 0.382 e. The summed E-state index contributed by atoms with van der Waals surface area (Å²) in [4.78, 5) is 0. The molecule has 3 rings (SSSR count). The number of nitrogens with one attached hydrogen (secondary N) is 1. The average molecular weight is 323 g/mol. The Kier molecular flexibility index (Phi) is 3.49. The zero-order valence-corrected chi connectivity index (χ0v) is 12.2. The molecule has 0 atom stereocenters. The normalized spacial score (nSPS) is 18.4. The molecule has 0 heterocycles. The molecule has 19 heavy (non-hydrogen) atoms. The van der Waals surface area contributed by atoms with Gasteiger partial charge in [-0.25, -0.2) is 4.39 Å². The van der Waals surface area contributed by atoms with Crippen LogP contribution in [0.4, 0.5) is 10.1 Å². The van der Waals surface area contributed by atoms with E-state index in [1.54, 1.807) is 12.1 Å². The third-order valence-corrected chi connectivity index (χ3v) is 4.96. The van der Waals surface area contributed by atoms with Gasteiger partial charge in [-0.1, -0.05) is 0 Å². The van der Waals surface area contributed by atoms with Crippen LogP contribution in [0.3, 0.4) is 0 Å².